The average molecular weight is 398 g/mol. The average Bonchev–Trinajstić information content (AvgIpc) is 3.16. The summed E-state index contributed by atoms with van der Waals surface area (Å²) in [6.07, 6.45) is 5.42. The predicted octanol–water partition coefficient (Wildman–Crippen LogP) is 1.47. The van der Waals surface area contributed by atoms with Crippen molar-refractivity contribution in [1.29, 1.82) is 0 Å². The number of H-pyrrole nitrogens is 1. The number of sulfonamides is 1. The van der Waals surface area contributed by atoms with Gasteiger partial charge in [-0.15, -0.1) is 4.40 Å². The molecule has 1 amide bonds. The molecule has 0 atom stereocenters. The third-order valence-corrected chi connectivity index (χ3v) is 5.53. The van der Waals surface area contributed by atoms with Crippen molar-refractivity contribution in [3.8, 4) is 11.4 Å². The number of nitrogens with one attached hydrogen (secondary N) is 2. The second-order valence-corrected chi connectivity index (χ2v) is 8.06. The lowest BCUT2D eigenvalue weighted by Gasteiger charge is -2.27. The number of benzene rings is 1. The van der Waals surface area contributed by atoms with Gasteiger partial charge in [0.05, 0.1) is 17.0 Å². The molecule has 10 heteroatoms. The molecule has 4 rings (SSSR count). The number of aromatic nitrogens is 3. The number of anilines is 1. The summed E-state index contributed by atoms with van der Waals surface area (Å²) in [5.74, 6) is 1.19. The van der Waals surface area contributed by atoms with Gasteiger partial charge in [-0.2, -0.15) is 5.10 Å². The van der Waals surface area contributed by atoms with E-state index in [0.717, 1.165) is 12.2 Å². The van der Waals surface area contributed by atoms with Crippen molar-refractivity contribution in [2.75, 3.05) is 17.6 Å². The van der Waals surface area contributed by atoms with Crippen molar-refractivity contribution in [3.63, 3.8) is 0 Å². The summed E-state index contributed by atoms with van der Waals surface area (Å²) in [7, 11) is -3.43. The summed E-state index contributed by atoms with van der Waals surface area (Å²) in [4.78, 5) is 18.8. The molecule has 144 valence electrons. The Morgan fingerprint density at radius 1 is 1.29 bits per heavy atom. The van der Waals surface area contributed by atoms with Gasteiger partial charge >= 0.3 is 0 Å². The summed E-state index contributed by atoms with van der Waals surface area (Å²) >= 11 is 0. The number of hydrogen-bond acceptors (Lipinski definition) is 6. The number of carbonyl (C=O) groups excluding carboxylic acids is 1. The van der Waals surface area contributed by atoms with Crippen LogP contribution in [0.4, 0.5) is 5.69 Å². The Hall–Kier alpha value is -3.27. The molecule has 0 spiro atoms. The number of amidine groups is 1. The van der Waals surface area contributed by atoms with Crippen LogP contribution in [0.15, 0.2) is 52.6 Å². The van der Waals surface area contributed by atoms with Crippen LogP contribution in [0.5, 0.6) is 0 Å². The van der Waals surface area contributed by atoms with Crippen LogP contribution in [0, 0.1) is 0 Å². The maximum absolute atomic E-state index is 12.8. The van der Waals surface area contributed by atoms with Crippen molar-refractivity contribution in [2.45, 2.75) is 13.3 Å². The van der Waals surface area contributed by atoms with E-state index in [9.17, 15) is 13.2 Å². The predicted molar refractivity (Wildman–Crippen MR) is 105 cm³/mol. The van der Waals surface area contributed by atoms with Crippen LogP contribution in [-0.4, -0.2) is 52.5 Å². The minimum atomic E-state index is -3.43. The number of aromatic amines is 1. The normalized spacial score (nSPS) is 17.5. The first-order valence-electron chi connectivity index (χ1n) is 8.76. The first-order chi connectivity index (χ1) is 13.4. The lowest BCUT2D eigenvalue weighted by atomic mass is 10.1. The Bertz CT molecular complexity index is 1130. The molecule has 0 radical (unpaired) electrons. The van der Waals surface area contributed by atoms with Crippen LogP contribution < -0.4 is 5.32 Å². The third-order valence-electron chi connectivity index (χ3n) is 4.37. The molecule has 0 bridgehead atoms. The van der Waals surface area contributed by atoms with E-state index in [1.165, 1.54) is 6.08 Å². The van der Waals surface area contributed by atoms with E-state index in [1.54, 1.807) is 23.2 Å². The maximum Gasteiger partial charge on any atom is 0.257 e. The first-order valence-corrected chi connectivity index (χ1v) is 10.4. The zero-order valence-electron chi connectivity index (χ0n) is 15.1. The fourth-order valence-corrected chi connectivity index (χ4v) is 3.86. The van der Waals surface area contributed by atoms with Gasteiger partial charge in [-0.1, -0.05) is 19.1 Å². The topological polar surface area (TPSA) is 120 Å². The fourth-order valence-electron chi connectivity index (χ4n) is 2.89. The van der Waals surface area contributed by atoms with Crippen LogP contribution in [0.2, 0.25) is 0 Å². The first kappa shape index (κ1) is 18.1. The van der Waals surface area contributed by atoms with Crippen molar-refractivity contribution < 1.29 is 13.2 Å². The van der Waals surface area contributed by atoms with Gasteiger partial charge in [-0.3, -0.25) is 9.89 Å². The van der Waals surface area contributed by atoms with Crippen LogP contribution in [0.1, 0.15) is 12.7 Å². The van der Waals surface area contributed by atoms with Gasteiger partial charge in [0.2, 0.25) is 0 Å². The zero-order chi connectivity index (χ0) is 19.7. The van der Waals surface area contributed by atoms with E-state index >= 15 is 0 Å². The Kier molecular flexibility index (Phi) is 4.55. The largest absolute Gasteiger partial charge is 0.330 e. The summed E-state index contributed by atoms with van der Waals surface area (Å²) in [5.41, 5.74) is 1.69. The number of para-hydroxylation sites is 1. The molecule has 0 aliphatic carbocycles. The molecule has 0 fully saturated rings. The van der Waals surface area contributed by atoms with Crippen LogP contribution in [0.25, 0.3) is 11.4 Å². The molecule has 0 unspecified atom stereocenters. The highest BCUT2D eigenvalue weighted by Gasteiger charge is 2.25. The summed E-state index contributed by atoms with van der Waals surface area (Å²) in [6, 6.07) is 7.29. The lowest BCUT2D eigenvalue weighted by Crippen LogP contribution is -2.37. The van der Waals surface area contributed by atoms with E-state index in [-0.39, 0.29) is 18.2 Å². The van der Waals surface area contributed by atoms with Crippen LogP contribution in [0.3, 0.4) is 0 Å². The molecule has 2 N–H and O–H groups in total. The molecular weight excluding hydrogens is 380 g/mol. The van der Waals surface area contributed by atoms with E-state index in [0.29, 0.717) is 28.5 Å². The molecule has 2 aliphatic heterocycles. The molecule has 0 saturated heterocycles. The summed E-state index contributed by atoms with van der Waals surface area (Å²) < 4.78 is 26.9. The van der Waals surface area contributed by atoms with Crippen LogP contribution >= 0.6 is 0 Å². The van der Waals surface area contributed by atoms with E-state index in [1.807, 2.05) is 25.1 Å². The molecule has 3 heterocycles. The number of aryl methyl sites for hydroxylation is 1. The van der Waals surface area contributed by atoms with E-state index < -0.39 is 10.0 Å². The van der Waals surface area contributed by atoms with Gasteiger partial charge in [-0.25, -0.2) is 13.4 Å². The number of nitrogens with zero attached hydrogens (tertiary/aromatic N) is 4. The standard InChI is InChI=1S/C18H18N6O3S/c1-2-15-20-17(22-21-15)13-5-3-4-6-14(13)19-18(25)12-7-8-16-23-28(26,27)10-9-24(16)11-12/h3-8,11H,2,9-10H2,1H3,(H,19,25)(H,20,21,22). The highest BCUT2D eigenvalue weighted by Crippen LogP contribution is 2.26. The van der Waals surface area contributed by atoms with Gasteiger partial charge in [0.15, 0.2) is 5.82 Å². The molecule has 2 aromatic rings. The maximum atomic E-state index is 12.8. The Labute approximate surface area is 161 Å². The Morgan fingerprint density at radius 2 is 2.11 bits per heavy atom. The molecule has 0 saturated carbocycles. The number of hydrogen-bond donors (Lipinski definition) is 2. The molecular formula is C18H18N6O3S. The van der Waals surface area contributed by atoms with E-state index in [4.69, 9.17) is 0 Å². The number of fused-ring (bicyclic) bond motifs is 1. The summed E-state index contributed by atoms with van der Waals surface area (Å²) in [5, 5.41) is 9.96. The van der Waals surface area contributed by atoms with Crippen molar-refractivity contribution in [1.82, 2.24) is 20.1 Å². The smallest absolute Gasteiger partial charge is 0.257 e. The van der Waals surface area contributed by atoms with Gasteiger partial charge in [0.25, 0.3) is 15.9 Å². The van der Waals surface area contributed by atoms with Gasteiger partial charge in [0.1, 0.15) is 11.7 Å². The molecule has 9 nitrogen and oxygen atoms in total. The van der Waals surface area contributed by atoms with Crippen LogP contribution in [-0.2, 0) is 21.2 Å². The minimum Gasteiger partial charge on any atom is -0.330 e. The van der Waals surface area contributed by atoms with Gasteiger partial charge in [-0.05, 0) is 24.3 Å². The molecule has 28 heavy (non-hydrogen) atoms. The minimum absolute atomic E-state index is 0.0802. The van der Waals surface area contributed by atoms with Crippen molar-refractivity contribution in [3.05, 3.63) is 54.0 Å². The van der Waals surface area contributed by atoms with E-state index in [2.05, 4.69) is 24.9 Å². The fraction of sp³-hybridized carbons (Fsp3) is 0.222. The molecule has 1 aromatic heterocycles. The van der Waals surface area contributed by atoms with Crippen molar-refractivity contribution in [2.24, 2.45) is 4.40 Å². The Morgan fingerprint density at radius 3 is 2.89 bits per heavy atom. The Balaban J connectivity index is 1.57. The van der Waals surface area contributed by atoms with Crippen molar-refractivity contribution >= 4 is 27.5 Å². The highest BCUT2D eigenvalue weighted by atomic mass is 32.2. The monoisotopic (exact) mass is 398 g/mol. The van der Waals surface area contributed by atoms with Gasteiger partial charge < -0.3 is 10.2 Å². The SMILES string of the molecule is CCc1nc(-c2ccccc2NC(=O)C2=CN3CCS(=O)(=O)N=C3C=C2)n[nH]1. The zero-order valence-corrected chi connectivity index (χ0v) is 15.9. The quantitative estimate of drug-likeness (QED) is 0.805. The second kappa shape index (κ2) is 7.04. The number of amides is 1. The lowest BCUT2D eigenvalue weighted by molar-refractivity contribution is -0.112. The highest BCUT2D eigenvalue weighted by molar-refractivity contribution is 7.90. The van der Waals surface area contributed by atoms with Gasteiger partial charge in [0, 0.05) is 24.7 Å². The molecule has 1 aromatic carbocycles. The number of carbonyl (C=O) groups is 1. The molecule has 2 aliphatic rings. The second-order valence-electron chi connectivity index (χ2n) is 6.31. The summed E-state index contributed by atoms with van der Waals surface area (Å²) in [6.45, 7) is 2.24. The number of rotatable bonds is 4. The third kappa shape index (κ3) is 3.58.